The molecule has 1 aromatic rings. The van der Waals surface area contributed by atoms with Gasteiger partial charge in [0.15, 0.2) is 5.78 Å². The number of hydrogen-bond donors (Lipinski definition) is 1. The Morgan fingerprint density at radius 3 is 2.71 bits per heavy atom. The number of carbonyl (C=O) groups is 1. The second kappa shape index (κ2) is 4.32. The first-order valence-corrected chi connectivity index (χ1v) is 4.59. The molecule has 0 aliphatic heterocycles. The van der Waals surface area contributed by atoms with E-state index in [1.54, 1.807) is 0 Å². The Hall–Kier alpha value is -1.24. The Bertz CT molecular complexity index is 424. The van der Waals surface area contributed by atoms with E-state index in [4.69, 9.17) is 34.2 Å². The summed E-state index contributed by atoms with van der Waals surface area (Å²) in [6.07, 6.45) is 0. The molecule has 0 aliphatic carbocycles. The van der Waals surface area contributed by atoms with E-state index < -0.39 is 0 Å². The van der Waals surface area contributed by atoms with Crippen LogP contribution in [-0.2, 0) is 0 Å². The monoisotopic (exact) mass is 228 g/mol. The molecule has 0 fully saturated rings. The largest absolute Gasteiger partial charge is 0.398 e. The smallest absolute Gasteiger partial charge is 0.179 e. The van der Waals surface area contributed by atoms with Crippen molar-refractivity contribution in [1.82, 2.24) is 0 Å². The van der Waals surface area contributed by atoms with Crippen LogP contribution in [0.25, 0.3) is 0 Å². The van der Waals surface area contributed by atoms with Crippen molar-refractivity contribution in [3.8, 4) is 6.07 Å². The average molecular weight is 229 g/mol. The predicted octanol–water partition coefficient (Wildman–Crippen LogP) is 2.22. The Morgan fingerprint density at radius 1 is 1.57 bits per heavy atom. The molecular weight excluding hydrogens is 223 g/mol. The summed E-state index contributed by atoms with van der Waals surface area (Å²) in [5.41, 5.74) is 6.20. The number of nitriles is 1. The Labute approximate surface area is 91.0 Å². The third kappa shape index (κ3) is 1.98. The number of nitrogens with two attached hydrogens (primary N) is 1. The molecule has 0 aliphatic rings. The topological polar surface area (TPSA) is 66.9 Å². The van der Waals surface area contributed by atoms with E-state index in [9.17, 15) is 4.79 Å². The van der Waals surface area contributed by atoms with Crippen molar-refractivity contribution in [2.75, 3.05) is 11.6 Å². The molecule has 0 spiro atoms. The van der Waals surface area contributed by atoms with Crippen molar-refractivity contribution < 1.29 is 4.79 Å². The minimum atomic E-state index is -0.326. The molecular formula is C9H6Cl2N2O. The van der Waals surface area contributed by atoms with Crippen molar-refractivity contribution in [2.24, 2.45) is 0 Å². The molecule has 2 N–H and O–H groups in total. The fraction of sp³-hybridized carbons (Fsp3) is 0.111. The lowest BCUT2D eigenvalue weighted by Gasteiger charge is -2.03. The highest BCUT2D eigenvalue weighted by molar-refractivity contribution is 6.37. The summed E-state index contributed by atoms with van der Waals surface area (Å²) >= 11 is 11.1. The normalized spacial score (nSPS) is 9.50. The number of Topliss-reactive ketones (excluding diaryl/α,β-unsaturated/α-hetero) is 1. The maximum Gasteiger partial charge on any atom is 0.179 e. The number of benzene rings is 1. The van der Waals surface area contributed by atoms with Crippen LogP contribution in [0, 0.1) is 11.3 Å². The molecule has 72 valence electrons. The molecule has 3 nitrogen and oxygen atoms in total. The lowest BCUT2D eigenvalue weighted by molar-refractivity contribution is 0.102. The van der Waals surface area contributed by atoms with Gasteiger partial charge in [-0.25, -0.2) is 0 Å². The van der Waals surface area contributed by atoms with Crippen LogP contribution in [0.4, 0.5) is 5.69 Å². The highest BCUT2D eigenvalue weighted by atomic mass is 35.5. The summed E-state index contributed by atoms with van der Waals surface area (Å²) in [4.78, 5) is 11.2. The van der Waals surface area contributed by atoms with Gasteiger partial charge in [0.25, 0.3) is 0 Å². The van der Waals surface area contributed by atoms with Gasteiger partial charge in [-0.2, -0.15) is 5.26 Å². The van der Waals surface area contributed by atoms with Crippen LogP contribution in [0.3, 0.4) is 0 Å². The summed E-state index contributed by atoms with van der Waals surface area (Å²) in [6.45, 7) is 0. The molecule has 0 amide bonds. The van der Waals surface area contributed by atoms with Crippen LogP contribution >= 0.6 is 23.2 Å². The minimum absolute atomic E-state index is 0.172. The van der Waals surface area contributed by atoms with Gasteiger partial charge < -0.3 is 5.73 Å². The van der Waals surface area contributed by atoms with E-state index in [-0.39, 0.29) is 33.5 Å². The standard InChI is InChI=1S/C9H6Cl2N2O/c10-3-9(14)6-1-5(4-12)8(13)2-7(6)11/h1-2H,3,13H2. The lowest BCUT2D eigenvalue weighted by Crippen LogP contribution is -2.03. The van der Waals surface area contributed by atoms with Gasteiger partial charge in [-0.05, 0) is 12.1 Å². The first kappa shape index (κ1) is 10.8. The van der Waals surface area contributed by atoms with Gasteiger partial charge in [-0.15, -0.1) is 11.6 Å². The van der Waals surface area contributed by atoms with Crippen molar-refractivity contribution in [3.63, 3.8) is 0 Å². The van der Waals surface area contributed by atoms with Crippen molar-refractivity contribution in [2.45, 2.75) is 0 Å². The predicted molar refractivity (Wildman–Crippen MR) is 55.6 cm³/mol. The average Bonchev–Trinajstić information content (AvgIpc) is 2.17. The molecule has 0 radical (unpaired) electrons. The molecule has 1 aromatic carbocycles. The van der Waals surface area contributed by atoms with E-state index in [0.717, 1.165) is 0 Å². The maximum atomic E-state index is 11.2. The summed E-state index contributed by atoms with van der Waals surface area (Å²) in [6, 6.07) is 4.59. The van der Waals surface area contributed by atoms with E-state index in [1.165, 1.54) is 12.1 Å². The molecule has 14 heavy (non-hydrogen) atoms. The van der Waals surface area contributed by atoms with Crippen molar-refractivity contribution >= 4 is 34.7 Å². The van der Waals surface area contributed by atoms with Crippen LogP contribution in [0.5, 0.6) is 0 Å². The maximum absolute atomic E-state index is 11.2. The summed E-state index contributed by atoms with van der Waals surface area (Å²) in [5.74, 6) is -0.498. The van der Waals surface area contributed by atoms with E-state index >= 15 is 0 Å². The number of nitrogens with zero attached hydrogens (tertiary/aromatic N) is 1. The lowest BCUT2D eigenvalue weighted by atomic mass is 10.1. The number of rotatable bonds is 2. The zero-order valence-electron chi connectivity index (χ0n) is 7.05. The molecule has 0 atom stereocenters. The van der Waals surface area contributed by atoms with Crippen LogP contribution < -0.4 is 5.73 Å². The molecule has 0 saturated carbocycles. The van der Waals surface area contributed by atoms with Gasteiger partial charge in [-0.1, -0.05) is 11.6 Å². The summed E-state index contributed by atoms with van der Waals surface area (Å²) < 4.78 is 0. The van der Waals surface area contributed by atoms with Crippen LogP contribution in [0.2, 0.25) is 5.02 Å². The van der Waals surface area contributed by atoms with Gasteiger partial charge in [-0.3, -0.25) is 4.79 Å². The van der Waals surface area contributed by atoms with Gasteiger partial charge in [0, 0.05) is 5.56 Å². The molecule has 0 bridgehead atoms. The van der Waals surface area contributed by atoms with Crippen molar-refractivity contribution in [1.29, 1.82) is 5.26 Å². The Balaban J connectivity index is 3.33. The molecule has 5 heteroatoms. The van der Waals surface area contributed by atoms with Crippen molar-refractivity contribution in [3.05, 3.63) is 28.3 Å². The first-order valence-electron chi connectivity index (χ1n) is 3.68. The minimum Gasteiger partial charge on any atom is -0.398 e. The van der Waals surface area contributed by atoms with E-state index in [1.807, 2.05) is 6.07 Å². The molecule has 1 rings (SSSR count). The Kier molecular flexibility index (Phi) is 3.34. The van der Waals surface area contributed by atoms with Gasteiger partial charge >= 0.3 is 0 Å². The van der Waals surface area contributed by atoms with Crippen LogP contribution in [-0.4, -0.2) is 11.7 Å². The van der Waals surface area contributed by atoms with Gasteiger partial charge in [0.05, 0.1) is 22.2 Å². The number of ketones is 1. The molecule has 0 saturated heterocycles. The van der Waals surface area contributed by atoms with E-state index in [2.05, 4.69) is 0 Å². The molecule has 0 unspecified atom stereocenters. The van der Waals surface area contributed by atoms with E-state index in [0.29, 0.717) is 0 Å². The Morgan fingerprint density at radius 2 is 2.21 bits per heavy atom. The highest BCUT2D eigenvalue weighted by Gasteiger charge is 2.12. The number of carbonyl (C=O) groups excluding carboxylic acids is 1. The fourth-order valence-electron chi connectivity index (χ4n) is 0.971. The second-order valence-electron chi connectivity index (χ2n) is 2.59. The third-order valence-corrected chi connectivity index (χ3v) is 2.24. The first-order chi connectivity index (χ1) is 6.60. The number of nitrogen functional groups attached to an aromatic ring is 1. The number of halogens is 2. The molecule has 0 heterocycles. The third-order valence-electron chi connectivity index (χ3n) is 1.68. The zero-order valence-corrected chi connectivity index (χ0v) is 8.56. The van der Waals surface area contributed by atoms with Crippen LogP contribution in [0.1, 0.15) is 15.9 Å². The number of alkyl halides is 1. The molecule has 0 aromatic heterocycles. The number of anilines is 1. The summed E-state index contributed by atoms with van der Waals surface area (Å²) in [5, 5.41) is 8.89. The van der Waals surface area contributed by atoms with Gasteiger partial charge in [0.1, 0.15) is 6.07 Å². The van der Waals surface area contributed by atoms with Gasteiger partial charge in [0.2, 0.25) is 0 Å². The zero-order chi connectivity index (χ0) is 10.7. The second-order valence-corrected chi connectivity index (χ2v) is 3.26. The highest BCUT2D eigenvalue weighted by Crippen LogP contribution is 2.23. The quantitative estimate of drug-likeness (QED) is 0.480. The summed E-state index contributed by atoms with van der Waals surface area (Å²) in [7, 11) is 0. The SMILES string of the molecule is N#Cc1cc(C(=O)CCl)c(Cl)cc1N. The fourth-order valence-corrected chi connectivity index (χ4v) is 1.39. The number of hydrogen-bond acceptors (Lipinski definition) is 3. The van der Waals surface area contributed by atoms with Crippen LogP contribution in [0.15, 0.2) is 12.1 Å².